The highest BCUT2D eigenvalue weighted by molar-refractivity contribution is 7.18. The first-order valence-electron chi connectivity index (χ1n) is 10.7. The molecule has 0 unspecified atom stereocenters. The number of fused-ring (bicyclic) bond motifs is 1. The fourth-order valence-electron chi connectivity index (χ4n) is 3.74. The lowest BCUT2D eigenvalue weighted by Crippen LogP contribution is -2.27. The van der Waals surface area contributed by atoms with E-state index in [4.69, 9.17) is 9.72 Å². The maximum absolute atomic E-state index is 12.6. The average molecular weight is 457 g/mol. The first-order valence-corrected chi connectivity index (χ1v) is 12.4. The number of nitrogens with one attached hydrogen (secondary N) is 2. The third-order valence-corrected chi connectivity index (χ3v) is 7.36. The van der Waals surface area contributed by atoms with E-state index < -0.39 is 0 Å². The van der Waals surface area contributed by atoms with E-state index in [0.717, 1.165) is 39.7 Å². The summed E-state index contributed by atoms with van der Waals surface area (Å²) in [6.45, 7) is 4.84. The highest BCUT2D eigenvalue weighted by Gasteiger charge is 2.25. The molecule has 0 aromatic carbocycles. The Kier molecular flexibility index (Phi) is 6.99. The second kappa shape index (κ2) is 9.89. The molecule has 0 radical (unpaired) electrons. The summed E-state index contributed by atoms with van der Waals surface area (Å²) < 4.78 is 5.30. The molecule has 0 bridgehead atoms. The number of methoxy groups -OCH3 is 1. The van der Waals surface area contributed by atoms with Gasteiger partial charge < -0.3 is 15.4 Å². The second-order valence-corrected chi connectivity index (χ2v) is 9.94. The molecule has 4 rings (SSSR count). The number of hydrogen-bond acceptors (Lipinski definition) is 7. The van der Waals surface area contributed by atoms with Gasteiger partial charge in [-0.3, -0.25) is 9.78 Å². The van der Waals surface area contributed by atoms with Crippen LogP contribution in [0.4, 0.5) is 5.00 Å². The standard InChI is InChI=1S/C23H28N4O2S2/c1-14(2)25-9-8-20(28)27-23-21(17-6-4-5-7-19(17)31-23)22-26-18(13-30-22)15-10-16(29-3)12-24-11-15/h10-14,25H,4-9H2,1-3H3,(H,27,28). The summed E-state index contributed by atoms with van der Waals surface area (Å²) >= 11 is 3.33. The number of pyridine rings is 1. The molecular weight excluding hydrogens is 428 g/mol. The molecule has 0 saturated heterocycles. The summed E-state index contributed by atoms with van der Waals surface area (Å²) in [5, 5.41) is 10.4. The van der Waals surface area contributed by atoms with E-state index in [9.17, 15) is 4.79 Å². The van der Waals surface area contributed by atoms with E-state index in [2.05, 4.69) is 34.8 Å². The van der Waals surface area contributed by atoms with Crippen molar-refractivity contribution in [1.82, 2.24) is 15.3 Å². The fraction of sp³-hybridized carbons (Fsp3) is 0.435. The van der Waals surface area contributed by atoms with Gasteiger partial charge in [-0.05, 0) is 37.3 Å². The number of amides is 1. The molecule has 164 valence electrons. The quantitative estimate of drug-likeness (QED) is 0.490. The normalized spacial score (nSPS) is 13.3. The molecular formula is C23H28N4O2S2. The Morgan fingerprint density at radius 1 is 1.26 bits per heavy atom. The third kappa shape index (κ3) is 5.14. The minimum atomic E-state index is 0.0433. The van der Waals surface area contributed by atoms with E-state index in [-0.39, 0.29) is 5.91 Å². The number of thiazole rings is 1. The maximum Gasteiger partial charge on any atom is 0.226 e. The molecule has 2 N–H and O–H groups in total. The Labute approximate surface area is 191 Å². The third-order valence-electron chi connectivity index (χ3n) is 5.29. The van der Waals surface area contributed by atoms with Crippen LogP contribution in [0.15, 0.2) is 23.8 Å². The van der Waals surface area contributed by atoms with Crippen molar-refractivity contribution in [2.45, 2.75) is 52.0 Å². The number of carbonyl (C=O) groups excluding carboxylic acids is 1. The van der Waals surface area contributed by atoms with Gasteiger partial charge >= 0.3 is 0 Å². The van der Waals surface area contributed by atoms with E-state index in [1.165, 1.54) is 23.3 Å². The maximum atomic E-state index is 12.6. The molecule has 3 heterocycles. The van der Waals surface area contributed by atoms with E-state index >= 15 is 0 Å². The summed E-state index contributed by atoms with van der Waals surface area (Å²) in [5.41, 5.74) is 4.27. The summed E-state index contributed by atoms with van der Waals surface area (Å²) in [6, 6.07) is 2.32. The van der Waals surface area contributed by atoms with Crippen LogP contribution >= 0.6 is 22.7 Å². The van der Waals surface area contributed by atoms with Crippen LogP contribution in [0.25, 0.3) is 21.8 Å². The lowest BCUT2D eigenvalue weighted by molar-refractivity contribution is -0.116. The molecule has 0 saturated carbocycles. The Hall–Kier alpha value is -2.29. The Balaban J connectivity index is 1.62. The predicted octanol–water partition coefficient (Wildman–Crippen LogP) is 5.15. The van der Waals surface area contributed by atoms with Crippen LogP contribution in [-0.4, -0.2) is 35.6 Å². The first kappa shape index (κ1) is 21.9. The second-order valence-electron chi connectivity index (χ2n) is 7.97. The zero-order valence-electron chi connectivity index (χ0n) is 18.2. The highest BCUT2D eigenvalue weighted by atomic mass is 32.1. The Morgan fingerprint density at radius 2 is 2.10 bits per heavy atom. The van der Waals surface area contributed by atoms with Crippen molar-refractivity contribution in [3.8, 4) is 27.6 Å². The predicted molar refractivity (Wildman–Crippen MR) is 128 cm³/mol. The minimum Gasteiger partial charge on any atom is -0.495 e. The number of anilines is 1. The van der Waals surface area contributed by atoms with Crippen LogP contribution in [0.3, 0.4) is 0 Å². The molecule has 0 atom stereocenters. The molecule has 3 aromatic heterocycles. The van der Waals surface area contributed by atoms with Crippen LogP contribution in [0.1, 0.15) is 43.6 Å². The first-order chi connectivity index (χ1) is 15.0. The lowest BCUT2D eigenvalue weighted by atomic mass is 9.95. The van der Waals surface area contributed by atoms with Crippen molar-refractivity contribution in [3.63, 3.8) is 0 Å². The molecule has 6 nitrogen and oxygen atoms in total. The van der Waals surface area contributed by atoms with E-state index in [1.54, 1.807) is 42.2 Å². The topological polar surface area (TPSA) is 76.1 Å². The summed E-state index contributed by atoms with van der Waals surface area (Å²) in [5.74, 6) is 0.754. The van der Waals surface area contributed by atoms with Crippen molar-refractivity contribution >= 4 is 33.6 Å². The number of hydrogen-bond donors (Lipinski definition) is 2. The van der Waals surface area contributed by atoms with Crippen LogP contribution in [0.5, 0.6) is 5.75 Å². The largest absolute Gasteiger partial charge is 0.495 e. The van der Waals surface area contributed by atoms with Gasteiger partial charge in [0.15, 0.2) is 0 Å². The van der Waals surface area contributed by atoms with E-state index in [1.807, 2.05) is 6.07 Å². The summed E-state index contributed by atoms with van der Waals surface area (Å²) in [4.78, 5) is 23.2. The Bertz CT molecular complexity index is 1060. The molecule has 8 heteroatoms. The Morgan fingerprint density at radius 3 is 2.90 bits per heavy atom. The zero-order chi connectivity index (χ0) is 21.8. The number of carbonyl (C=O) groups is 1. The molecule has 1 aliphatic carbocycles. The van der Waals surface area contributed by atoms with Gasteiger partial charge in [-0.1, -0.05) is 13.8 Å². The molecule has 3 aromatic rings. The van der Waals surface area contributed by atoms with Gasteiger partial charge in [-0.15, -0.1) is 22.7 Å². The molecule has 0 fully saturated rings. The van der Waals surface area contributed by atoms with Gasteiger partial charge in [0.2, 0.25) is 5.91 Å². The minimum absolute atomic E-state index is 0.0433. The monoisotopic (exact) mass is 456 g/mol. The van der Waals surface area contributed by atoms with Gasteiger partial charge in [0, 0.05) is 46.6 Å². The summed E-state index contributed by atoms with van der Waals surface area (Å²) in [6.07, 6.45) is 8.45. The molecule has 1 amide bonds. The van der Waals surface area contributed by atoms with Crippen molar-refractivity contribution in [2.75, 3.05) is 19.0 Å². The number of rotatable bonds is 8. The number of ether oxygens (including phenoxy) is 1. The number of nitrogens with zero attached hydrogens (tertiary/aromatic N) is 2. The number of thiophene rings is 1. The zero-order valence-corrected chi connectivity index (χ0v) is 19.8. The van der Waals surface area contributed by atoms with Gasteiger partial charge in [-0.25, -0.2) is 4.98 Å². The van der Waals surface area contributed by atoms with Crippen molar-refractivity contribution in [1.29, 1.82) is 0 Å². The van der Waals surface area contributed by atoms with Gasteiger partial charge in [0.1, 0.15) is 15.8 Å². The average Bonchev–Trinajstić information content (AvgIpc) is 3.37. The van der Waals surface area contributed by atoms with Crippen molar-refractivity contribution < 1.29 is 9.53 Å². The molecule has 0 aliphatic heterocycles. The molecule has 0 spiro atoms. The van der Waals surface area contributed by atoms with Crippen molar-refractivity contribution in [3.05, 3.63) is 34.3 Å². The summed E-state index contributed by atoms with van der Waals surface area (Å²) in [7, 11) is 1.64. The van der Waals surface area contributed by atoms with Crippen LogP contribution in [0, 0.1) is 0 Å². The van der Waals surface area contributed by atoms with Gasteiger partial charge in [-0.2, -0.15) is 0 Å². The van der Waals surface area contributed by atoms with Crippen LogP contribution in [-0.2, 0) is 17.6 Å². The van der Waals surface area contributed by atoms with Gasteiger partial charge in [0.25, 0.3) is 0 Å². The highest BCUT2D eigenvalue weighted by Crippen LogP contribution is 2.45. The molecule has 31 heavy (non-hydrogen) atoms. The van der Waals surface area contributed by atoms with Crippen LogP contribution in [0.2, 0.25) is 0 Å². The number of aryl methyl sites for hydroxylation is 1. The molecule has 1 aliphatic rings. The van der Waals surface area contributed by atoms with Crippen LogP contribution < -0.4 is 15.4 Å². The SMILES string of the molecule is COc1cncc(-c2csc(-c3c(NC(=O)CCNC(C)C)sc4c3CCCC4)n2)c1. The van der Waals surface area contributed by atoms with E-state index in [0.29, 0.717) is 24.8 Å². The lowest BCUT2D eigenvalue weighted by Gasteiger charge is -2.12. The number of aromatic nitrogens is 2. The van der Waals surface area contributed by atoms with Gasteiger partial charge in [0.05, 0.1) is 19.0 Å². The smallest absolute Gasteiger partial charge is 0.226 e. The van der Waals surface area contributed by atoms with Crippen molar-refractivity contribution in [2.24, 2.45) is 0 Å². The fourth-order valence-corrected chi connectivity index (χ4v) is 6.01.